The number of benzene rings is 8. The van der Waals surface area contributed by atoms with Gasteiger partial charge in [-0.1, -0.05) is 78.9 Å². The van der Waals surface area contributed by atoms with Gasteiger partial charge < -0.3 is 13.7 Å². The van der Waals surface area contributed by atoms with E-state index in [1.165, 1.54) is 30.9 Å². The van der Waals surface area contributed by atoms with Gasteiger partial charge in [0.05, 0.1) is 0 Å². The molecule has 3 aromatic heterocycles. The average Bonchev–Trinajstić information content (AvgIpc) is 3.85. The van der Waals surface area contributed by atoms with E-state index in [0.29, 0.717) is 0 Å². The number of rotatable bonds is 4. The molecule has 11 rings (SSSR count). The third-order valence-electron chi connectivity index (χ3n) is 10.0. The van der Waals surface area contributed by atoms with Gasteiger partial charge in [-0.3, -0.25) is 0 Å². The van der Waals surface area contributed by atoms with Crippen LogP contribution in [0.1, 0.15) is 0 Å². The van der Waals surface area contributed by atoms with Crippen molar-refractivity contribution in [2.24, 2.45) is 0 Å². The van der Waals surface area contributed by atoms with Crippen LogP contribution in [0.15, 0.2) is 173 Å². The van der Waals surface area contributed by atoms with E-state index in [2.05, 4.69) is 157 Å². The van der Waals surface area contributed by atoms with Gasteiger partial charge >= 0.3 is 0 Å². The van der Waals surface area contributed by atoms with E-state index in [-0.39, 0.29) is 0 Å². The maximum Gasteiger partial charge on any atom is 0.144 e. The monoisotopic (exact) mass is 657 g/mol. The molecule has 0 atom stereocenters. The van der Waals surface area contributed by atoms with E-state index in [1.807, 2.05) is 23.5 Å². The van der Waals surface area contributed by atoms with Crippen LogP contribution >= 0.6 is 11.3 Å². The van der Waals surface area contributed by atoms with E-state index >= 15 is 0 Å². The van der Waals surface area contributed by atoms with E-state index < -0.39 is 0 Å². The van der Waals surface area contributed by atoms with Crippen LogP contribution in [-0.4, -0.2) is 0 Å². The molecule has 0 unspecified atom stereocenters. The highest BCUT2D eigenvalue weighted by Gasteiger charge is 2.19. The fourth-order valence-electron chi connectivity index (χ4n) is 7.64. The Morgan fingerprint density at radius 1 is 0.380 bits per heavy atom. The second-order valence-electron chi connectivity index (χ2n) is 12.9. The lowest BCUT2D eigenvalue weighted by atomic mass is 10.0. The number of anilines is 3. The summed E-state index contributed by atoms with van der Waals surface area (Å²) in [6.45, 7) is 0. The molecular weight excluding hydrogens is 631 g/mol. The fourth-order valence-corrected chi connectivity index (χ4v) is 8.72. The molecule has 0 saturated carbocycles. The minimum atomic E-state index is 0.904. The summed E-state index contributed by atoms with van der Waals surface area (Å²) in [6, 6.07) is 58.4. The Hall–Kier alpha value is -6.36. The van der Waals surface area contributed by atoms with Crippen molar-refractivity contribution in [1.82, 2.24) is 0 Å². The van der Waals surface area contributed by atoms with E-state index in [9.17, 15) is 0 Å². The third kappa shape index (κ3) is 4.16. The topological polar surface area (TPSA) is 29.5 Å². The van der Waals surface area contributed by atoms with Crippen molar-refractivity contribution in [2.75, 3.05) is 4.90 Å². The molecule has 0 aliphatic rings. The Kier molecular flexibility index (Phi) is 5.83. The highest BCUT2D eigenvalue weighted by atomic mass is 32.1. The molecule has 0 amide bonds. The normalized spacial score (nSPS) is 12.0. The first-order valence-corrected chi connectivity index (χ1v) is 17.6. The van der Waals surface area contributed by atoms with Crippen LogP contribution in [0.2, 0.25) is 0 Å². The van der Waals surface area contributed by atoms with Crippen LogP contribution in [0, 0.1) is 0 Å². The highest BCUT2D eigenvalue weighted by Crippen LogP contribution is 2.45. The van der Waals surface area contributed by atoms with Crippen molar-refractivity contribution in [2.45, 2.75) is 0 Å². The Bertz CT molecular complexity index is 3090. The summed E-state index contributed by atoms with van der Waals surface area (Å²) in [5.41, 5.74) is 9.25. The van der Waals surface area contributed by atoms with Crippen molar-refractivity contribution in [1.29, 1.82) is 0 Å². The fraction of sp³-hybridized carbons (Fsp3) is 0. The number of para-hydroxylation sites is 2. The van der Waals surface area contributed by atoms with Gasteiger partial charge in [0.1, 0.15) is 22.3 Å². The van der Waals surface area contributed by atoms with Crippen molar-refractivity contribution < 1.29 is 8.83 Å². The molecule has 234 valence electrons. The highest BCUT2D eigenvalue weighted by molar-refractivity contribution is 7.26. The number of hydrogen-bond donors (Lipinski definition) is 0. The van der Waals surface area contributed by atoms with E-state index in [4.69, 9.17) is 8.83 Å². The van der Waals surface area contributed by atoms with Gasteiger partial charge in [-0.2, -0.15) is 0 Å². The molecule has 0 aliphatic carbocycles. The quantitative estimate of drug-likeness (QED) is 0.189. The Balaban J connectivity index is 1.05. The Labute approximate surface area is 290 Å². The first kappa shape index (κ1) is 27.6. The molecular formula is C46H27NO2S. The van der Waals surface area contributed by atoms with Crippen LogP contribution in [0.4, 0.5) is 17.1 Å². The predicted molar refractivity (Wildman–Crippen MR) is 212 cm³/mol. The summed E-state index contributed by atoms with van der Waals surface area (Å²) in [7, 11) is 0. The second kappa shape index (κ2) is 10.6. The van der Waals surface area contributed by atoms with Gasteiger partial charge in [0.15, 0.2) is 0 Å². The lowest BCUT2D eigenvalue weighted by molar-refractivity contribution is 0.669. The average molecular weight is 658 g/mol. The zero-order valence-electron chi connectivity index (χ0n) is 26.8. The summed E-state index contributed by atoms with van der Waals surface area (Å²) in [6.07, 6.45) is 0. The number of nitrogens with zero attached hydrogens (tertiary/aromatic N) is 1. The van der Waals surface area contributed by atoms with Crippen molar-refractivity contribution in [3.8, 4) is 11.1 Å². The van der Waals surface area contributed by atoms with Gasteiger partial charge in [-0.05, 0) is 107 Å². The molecule has 11 aromatic rings. The number of hydrogen-bond acceptors (Lipinski definition) is 4. The molecule has 0 N–H and O–H groups in total. The largest absolute Gasteiger partial charge is 0.456 e. The van der Waals surface area contributed by atoms with Gasteiger partial charge in [0.25, 0.3) is 0 Å². The first-order chi connectivity index (χ1) is 24.7. The number of thiophene rings is 1. The van der Waals surface area contributed by atoms with Gasteiger partial charge in [0.2, 0.25) is 0 Å². The van der Waals surface area contributed by atoms with E-state index in [0.717, 1.165) is 72.1 Å². The van der Waals surface area contributed by atoms with Crippen LogP contribution < -0.4 is 4.90 Å². The summed E-state index contributed by atoms with van der Waals surface area (Å²) in [4.78, 5) is 2.33. The minimum Gasteiger partial charge on any atom is -0.456 e. The zero-order valence-corrected chi connectivity index (χ0v) is 27.6. The standard InChI is InChI=1S/C46H27NO2S/c1-2-10-32(11-3-1)47(33-17-14-28(15-18-33)31-16-20-36-35-12-6-7-13-40(35)48-41(36)26-31)34-19-22-43-39(27-34)45-44(50-43)23-21-37-38-24-29-8-4-5-9-30(29)25-42(38)49-46(37)45/h1-27H. The predicted octanol–water partition coefficient (Wildman–Crippen LogP) is 14.1. The Morgan fingerprint density at radius 2 is 1.04 bits per heavy atom. The molecule has 3 nitrogen and oxygen atoms in total. The van der Waals surface area contributed by atoms with Gasteiger partial charge in [-0.25, -0.2) is 0 Å². The molecule has 0 bridgehead atoms. The molecule has 0 saturated heterocycles. The molecule has 3 heterocycles. The van der Waals surface area contributed by atoms with Crippen molar-refractivity contribution in [3.63, 3.8) is 0 Å². The van der Waals surface area contributed by atoms with Gasteiger partial charge in [0, 0.05) is 58.8 Å². The smallest absolute Gasteiger partial charge is 0.144 e. The van der Waals surface area contributed by atoms with Crippen LogP contribution in [0.5, 0.6) is 0 Å². The lowest BCUT2D eigenvalue weighted by Crippen LogP contribution is -2.09. The summed E-state index contributed by atoms with van der Waals surface area (Å²) < 4.78 is 15.4. The molecule has 0 radical (unpaired) electrons. The van der Waals surface area contributed by atoms with Crippen molar-refractivity contribution in [3.05, 3.63) is 164 Å². The molecule has 50 heavy (non-hydrogen) atoms. The minimum absolute atomic E-state index is 0.904. The van der Waals surface area contributed by atoms with Crippen LogP contribution in [0.3, 0.4) is 0 Å². The molecule has 0 aliphatic heterocycles. The first-order valence-electron chi connectivity index (χ1n) is 16.8. The molecule has 0 fully saturated rings. The van der Waals surface area contributed by atoms with Crippen LogP contribution in [0.25, 0.3) is 85.9 Å². The summed E-state index contributed by atoms with van der Waals surface area (Å²) >= 11 is 1.82. The Morgan fingerprint density at radius 3 is 1.92 bits per heavy atom. The van der Waals surface area contributed by atoms with E-state index in [1.54, 1.807) is 0 Å². The lowest BCUT2D eigenvalue weighted by Gasteiger charge is -2.25. The second-order valence-corrected chi connectivity index (χ2v) is 14.0. The summed E-state index contributed by atoms with van der Waals surface area (Å²) in [5.74, 6) is 0. The maximum atomic E-state index is 6.70. The maximum absolute atomic E-state index is 6.70. The SMILES string of the molecule is c1ccc(N(c2ccc(-c3ccc4c(c3)oc3ccccc34)cc2)c2ccc3sc4ccc5c6cc7ccccc7cc6oc5c4c3c2)cc1. The zero-order chi connectivity index (χ0) is 32.8. The number of fused-ring (bicyclic) bond motifs is 11. The third-order valence-corrected chi connectivity index (χ3v) is 11.2. The molecule has 0 spiro atoms. The van der Waals surface area contributed by atoms with Crippen LogP contribution in [-0.2, 0) is 0 Å². The number of furan rings is 2. The summed E-state index contributed by atoms with van der Waals surface area (Å²) in [5, 5.41) is 9.38. The van der Waals surface area contributed by atoms with Crippen molar-refractivity contribution >= 4 is 103 Å². The molecule has 4 heteroatoms. The van der Waals surface area contributed by atoms with Gasteiger partial charge in [-0.15, -0.1) is 11.3 Å². The molecule has 8 aromatic carbocycles.